The molecule has 0 bridgehead atoms. The molecule has 24 heavy (non-hydrogen) atoms. The fourth-order valence-corrected chi connectivity index (χ4v) is 3.28. The largest absolute Gasteiger partial charge is 0.493 e. The molecule has 0 saturated heterocycles. The van der Waals surface area contributed by atoms with E-state index in [4.69, 9.17) is 9.47 Å². The molecule has 0 amide bonds. The molecule has 1 unspecified atom stereocenters. The standard InChI is InChI=1S/C19H19N3O2/c1-23-18-10-13(5-7-21-18)9-16(17-11-20-12-22-17)15-4-2-3-14-6-8-24-19(14)15/h2-5,7,10-12,16H,6,8-9H2,1H3,(H,20,22). The first-order chi connectivity index (χ1) is 11.8. The Bertz CT molecular complexity index is 830. The lowest BCUT2D eigenvalue weighted by Gasteiger charge is -2.19. The molecule has 3 heterocycles. The van der Waals surface area contributed by atoms with Crippen molar-refractivity contribution < 1.29 is 9.47 Å². The van der Waals surface area contributed by atoms with Gasteiger partial charge in [0.25, 0.3) is 0 Å². The van der Waals surface area contributed by atoms with Gasteiger partial charge in [0.05, 0.1) is 20.0 Å². The van der Waals surface area contributed by atoms with Crippen LogP contribution < -0.4 is 9.47 Å². The lowest BCUT2D eigenvalue weighted by atomic mass is 9.88. The molecule has 0 fully saturated rings. The number of rotatable bonds is 5. The van der Waals surface area contributed by atoms with Crippen molar-refractivity contribution in [2.24, 2.45) is 0 Å². The Balaban J connectivity index is 1.74. The second kappa shape index (κ2) is 6.35. The zero-order valence-electron chi connectivity index (χ0n) is 13.5. The number of imidazole rings is 1. The predicted molar refractivity (Wildman–Crippen MR) is 90.6 cm³/mol. The molecule has 5 nitrogen and oxygen atoms in total. The van der Waals surface area contributed by atoms with E-state index in [-0.39, 0.29) is 5.92 Å². The smallest absolute Gasteiger partial charge is 0.213 e. The summed E-state index contributed by atoms with van der Waals surface area (Å²) in [6.45, 7) is 0.755. The molecule has 1 aliphatic rings. The summed E-state index contributed by atoms with van der Waals surface area (Å²) < 4.78 is 11.2. The van der Waals surface area contributed by atoms with Crippen LogP contribution in [0.5, 0.6) is 11.6 Å². The van der Waals surface area contributed by atoms with Crippen LogP contribution in [0.1, 0.15) is 28.3 Å². The first kappa shape index (κ1) is 14.8. The van der Waals surface area contributed by atoms with Gasteiger partial charge in [0.15, 0.2) is 0 Å². The number of hydrogen-bond donors (Lipinski definition) is 1. The number of nitrogens with one attached hydrogen (secondary N) is 1. The third kappa shape index (κ3) is 2.73. The van der Waals surface area contributed by atoms with E-state index in [1.807, 2.05) is 18.3 Å². The molecule has 1 aromatic carbocycles. The number of benzene rings is 1. The summed E-state index contributed by atoms with van der Waals surface area (Å²) in [6.07, 6.45) is 7.18. The van der Waals surface area contributed by atoms with Crippen molar-refractivity contribution in [2.75, 3.05) is 13.7 Å². The maximum atomic E-state index is 5.92. The Morgan fingerprint density at radius 1 is 1.33 bits per heavy atom. The summed E-state index contributed by atoms with van der Waals surface area (Å²) >= 11 is 0. The van der Waals surface area contributed by atoms with Crippen LogP contribution in [0.2, 0.25) is 0 Å². The summed E-state index contributed by atoms with van der Waals surface area (Å²) in [5, 5.41) is 0. The van der Waals surface area contributed by atoms with Crippen molar-refractivity contribution in [1.29, 1.82) is 0 Å². The van der Waals surface area contributed by atoms with Crippen molar-refractivity contribution >= 4 is 0 Å². The zero-order chi connectivity index (χ0) is 16.4. The van der Waals surface area contributed by atoms with Crippen LogP contribution in [0.3, 0.4) is 0 Å². The minimum atomic E-state index is 0.146. The Labute approximate surface area is 140 Å². The van der Waals surface area contributed by atoms with E-state index in [1.165, 1.54) is 11.1 Å². The molecule has 0 aliphatic carbocycles. The zero-order valence-corrected chi connectivity index (χ0v) is 13.5. The molecular weight excluding hydrogens is 302 g/mol. The quantitative estimate of drug-likeness (QED) is 0.784. The molecule has 1 aliphatic heterocycles. The van der Waals surface area contributed by atoms with E-state index >= 15 is 0 Å². The van der Waals surface area contributed by atoms with Crippen LogP contribution >= 0.6 is 0 Å². The molecule has 122 valence electrons. The number of nitrogens with zero attached hydrogens (tertiary/aromatic N) is 2. The van der Waals surface area contributed by atoms with Crippen LogP contribution in [0, 0.1) is 0 Å². The molecule has 0 saturated carbocycles. The maximum Gasteiger partial charge on any atom is 0.213 e. The van der Waals surface area contributed by atoms with Gasteiger partial charge in [-0.05, 0) is 23.6 Å². The summed E-state index contributed by atoms with van der Waals surface area (Å²) in [5.74, 6) is 1.80. The van der Waals surface area contributed by atoms with E-state index in [0.717, 1.165) is 36.5 Å². The van der Waals surface area contributed by atoms with Gasteiger partial charge in [-0.15, -0.1) is 0 Å². The highest BCUT2D eigenvalue weighted by Gasteiger charge is 2.24. The van der Waals surface area contributed by atoms with Crippen molar-refractivity contribution in [2.45, 2.75) is 18.8 Å². The highest BCUT2D eigenvalue weighted by molar-refractivity contribution is 5.48. The minimum Gasteiger partial charge on any atom is -0.493 e. The lowest BCUT2D eigenvalue weighted by molar-refractivity contribution is 0.352. The number of hydrogen-bond acceptors (Lipinski definition) is 4. The van der Waals surface area contributed by atoms with Crippen LogP contribution in [-0.4, -0.2) is 28.7 Å². The highest BCUT2D eigenvalue weighted by Crippen LogP contribution is 2.38. The second-order valence-corrected chi connectivity index (χ2v) is 5.90. The number of aromatic amines is 1. The van der Waals surface area contributed by atoms with Crippen LogP contribution in [-0.2, 0) is 12.8 Å². The number of fused-ring (bicyclic) bond motifs is 1. The molecule has 3 aromatic rings. The average molecular weight is 321 g/mol. The fraction of sp³-hybridized carbons (Fsp3) is 0.263. The fourth-order valence-electron chi connectivity index (χ4n) is 3.28. The summed E-state index contributed by atoms with van der Waals surface area (Å²) in [5.41, 5.74) is 4.72. The van der Waals surface area contributed by atoms with E-state index in [1.54, 1.807) is 19.6 Å². The monoisotopic (exact) mass is 321 g/mol. The number of aromatic nitrogens is 3. The summed E-state index contributed by atoms with van der Waals surface area (Å²) in [7, 11) is 1.64. The van der Waals surface area contributed by atoms with E-state index in [0.29, 0.717) is 5.88 Å². The van der Waals surface area contributed by atoms with Gasteiger partial charge in [-0.1, -0.05) is 18.2 Å². The molecule has 1 N–H and O–H groups in total. The van der Waals surface area contributed by atoms with Crippen molar-refractivity contribution in [1.82, 2.24) is 15.0 Å². The third-order valence-corrected chi connectivity index (χ3v) is 4.46. The molecule has 1 atom stereocenters. The van der Waals surface area contributed by atoms with E-state index in [9.17, 15) is 0 Å². The summed E-state index contributed by atoms with van der Waals surface area (Å²) in [4.78, 5) is 11.7. The Hall–Kier alpha value is -2.82. The SMILES string of the molecule is COc1cc(CC(c2cnc[nH]2)c2cccc3c2OCC3)ccn1. The van der Waals surface area contributed by atoms with Crippen LogP contribution in [0.15, 0.2) is 49.1 Å². The normalized spacial score (nSPS) is 14.0. The minimum absolute atomic E-state index is 0.146. The lowest BCUT2D eigenvalue weighted by Crippen LogP contribution is -2.08. The van der Waals surface area contributed by atoms with Crippen molar-refractivity contribution in [3.05, 3.63) is 71.4 Å². The first-order valence-corrected chi connectivity index (χ1v) is 8.07. The average Bonchev–Trinajstić information content (AvgIpc) is 3.31. The number of H-pyrrole nitrogens is 1. The van der Waals surface area contributed by atoms with Crippen LogP contribution in [0.4, 0.5) is 0 Å². The molecule has 0 spiro atoms. The molecule has 2 aromatic heterocycles. The highest BCUT2D eigenvalue weighted by atomic mass is 16.5. The van der Waals surface area contributed by atoms with Gasteiger partial charge in [0.2, 0.25) is 5.88 Å². The Morgan fingerprint density at radius 2 is 2.29 bits per heavy atom. The number of methoxy groups -OCH3 is 1. The molecule has 5 heteroatoms. The van der Waals surface area contributed by atoms with Crippen molar-refractivity contribution in [3.8, 4) is 11.6 Å². The van der Waals surface area contributed by atoms with Gasteiger partial charge in [-0.25, -0.2) is 9.97 Å². The van der Waals surface area contributed by atoms with Gasteiger partial charge in [0.1, 0.15) is 5.75 Å². The summed E-state index contributed by atoms with van der Waals surface area (Å²) in [6, 6.07) is 10.4. The molecule has 0 radical (unpaired) electrons. The molecular formula is C19H19N3O2. The Morgan fingerprint density at radius 3 is 3.12 bits per heavy atom. The number of para-hydroxylation sites is 1. The van der Waals surface area contributed by atoms with Crippen LogP contribution in [0.25, 0.3) is 0 Å². The van der Waals surface area contributed by atoms with Crippen molar-refractivity contribution in [3.63, 3.8) is 0 Å². The molecule has 4 rings (SSSR count). The number of ether oxygens (including phenoxy) is 2. The second-order valence-electron chi connectivity index (χ2n) is 5.90. The van der Waals surface area contributed by atoms with E-state index < -0.39 is 0 Å². The topological polar surface area (TPSA) is 60.0 Å². The Kier molecular flexibility index (Phi) is 3.91. The number of pyridine rings is 1. The van der Waals surface area contributed by atoms with Gasteiger partial charge >= 0.3 is 0 Å². The maximum absolute atomic E-state index is 5.92. The first-order valence-electron chi connectivity index (χ1n) is 8.07. The van der Waals surface area contributed by atoms with Gasteiger partial charge in [-0.3, -0.25) is 0 Å². The van der Waals surface area contributed by atoms with Gasteiger partial charge in [0, 0.05) is 42.1 Å². The van der Waals surface area contributed by atoms with Gasteiger partial charge < -0.3 is 14.5 Å². The van der Waals surface area contributed by atoms with E-state index in [2.05, 4.69) is 33.2 Å². The van der Waals surface area contributed by atoms with Gasteiger partial charge in [-0.2, -0.15) is 0 Å². The third-order valence-electron chi connectivity index (χ3n) is 4.46. The predicted octanol–water partition coefficient (Wildman–Crippen LogP) is 3.12.